The van der Waals surface area contributed by atoms with Crippen molar-refractivity contribution in [2.24, 2.45) is 0 Å². The van der Waals surface area contributed by atoms with Crippen LogP contribution in [0.15, 0.2) is 23.1 Å². The van der Waals surface area contributed by atoms with Crippen molar-refractivity contribution in [1.29, 1.82) is 0 Å². The number of nitrogen functional groups attached to an aromatic ring is 1. The number of sulfonamides is 1. The highest BCUT2D eigenvalue weighted by atomic mass is 32.2. The standard InChI is InChI=1S/C9H12N6O2S/c1-6-4-7(10)2-3-8(6)18(16,17)11-5-9-12-14-15-13-9/h2-4,11H,5,10H2,1H3,(H,12,13,14,15). The van der Waals surface area contributed by atoms with Crippen LogP contribution in [-0.2, 0) is 16.6 Å². The minimum atomic E-state index is -3.61. The number of benzene rings is 1. The van der Waals surface area contributed by atoms with E-state index in [9.17, 15) is 8.42 Å². The Hall–Kier alpha value is -2.00. The minimum absolute atomic E-state index is 0.0251. The summed E-state index contributed by atoms with van der Waals surface area (Å²) in [6.45, 7) is 1.65. The summed E-state index contributed by atoms with van der Waals surface area (Å²) < 4.78 is 26.4. The number of nitrogens with one attached hydrogen (secondary N) is 2. The zero-order valence-corrected chi connectivity index (χ0v) is 10.4. The van der Waals surface area contributed by atoms with Gasteiger partial charge in [-0.2, -0.15) is 5.21 Å². The third-order valence-electron chi connectivity index (χ3n) is 2.30. The number of rotatable bonds is 4. The Bertz CT molecular complexity index is 637. The van der Waals surface area contributed by atoms with Crippen LogP contribution in [0.5, 0.6) is 0 Å². The van der Waals surface area contributed by atoms with Crippen molar-refractivity contribution in [2.45, 2.75) is 18.4 Å². The molecule has 8 nitrogen and oxygen atoms in total. The van der Waals surface area contributed by atoms with Crippen LogP contribution in [0, 0.1) is 6.92 Å². The number of aromatic nitrogens is 4. The van der Waals surface area contributed by atoms with Gasteiger partial charge in [0.2, 0.25) is 10.0 Å². The fraction of sp³-hybridized carbons (Fsp3) is 0.222. The maximum atomic E-state index is 12.0. The fourth-order valence-corrected chi connectivity index (χ4v) is 2.67. The summed E-state index contributed by atoms with van der Waals surface area (Å²) in [5.41, 5.74) is 6.67. The van der Waals surface area contributed by atoms with Gasteiger partial charge in [-0.05, 0) is 30.7 Å². The van der Waals surface area contributed by atoms with Crippen LogP contribution in [-0.4, -0.2) is 29.0 Å². The van der Waals surface area contributed by atoms with Crippen molar-refractivity contribution in [3.8, 4) is 0 Å². The third-order valence-corrected chi connectivity index (χ3v) is 3.86. The molecule has 1 aromatic heterocycles. The van der Waals surface area contributed by atoms with Crippen LogP contribution in [0.3, 0.4) is 0 Å². The Labute approximate surface area is 104 Å². The number of aryl methyl sites for hydroxylation is 1. The Kier molecular flexibility index (Phi) is 3.26. The molecule has 18 heavy (non-hydrogen) atoms. The Morgan fingerprint density at radius 3 is 2.83 bits per heavy atom. The van der Waals surface area contributed by atoms with Crippen molar-refractivity contribution < 1.29 is 8.42 Å². The van der Waals surface area contributed by atoms with Crippen LogP contribution < -0.4 is 10.5 Å². The maximum absolute atomic E-state index is 12.0. The van der Waals surface area contributed by atoms with Crippen molar-refractivity contribution in [3.05, 3.63) is 29.6 Å². The molecule has 0 saturated carbocycles. The number of hydrogen-bond donors (Lipinski definition) is 3. The van der Waals surface area contributed by atoms with Gasteiger partial charge in [-0.15, -0.1) is 10.2 Å². The quantitative estimate of drug-likeness (QED) is 0.646. The molecule has 0 radical (unpaired) electrons. The number of H-pyrrole nitrogens is 1. The number of nitrogens with two attached hydrogens (primary N) is 1. The molecule has 0 aliphatic heterocycles. The number of anilines is 1. The number of aromatic amines is 1. The summed E-state index contributed by atoms with van der Waals surface area (Å²) in [6.07, 6.45) is 0. The van der Waals surface area contributed by atoms with E-state index in [0.29, 0.717) is 11.3 Å². The fourth-order valence-electron chi connectivity index (χ4n) is 1.47. The largest absolute Gasteiger partial charge is 0.399 e. The van der Waals surface area contributed by atoms with E-state index >= 15 is 0 Å². The summed E-state index contributed by atoms with van der Waals surface area (Å²) in [7, 11) is -3.61. The average Bonchev–Trinajstić information content (AvgIpc) is 2.78. The molecule has 0 unspecified atom stereocenters. The van der Waals surface area contributed by atoms with E-state index in [1.165, 1.54) is 12.1 Å². The molecule has 2 aromatic rings. The lowest BCUT2D eigenvalue weighted by molar-refractivity contribution is 0.578. The van der Waals surface area contributed by atoms with Gasteiger partial charge in [-0.25, -0.2) is 13.1 Å². The van der Waals surface area contributed by atoms with Gasteiger partial charge in [0.1, 0.15) is 0 Å². The molecule has 2 rings (SSSR count). The molecule has 0 amide bonds. The molecule has 9 heteroatoms. The zero-order valence-electron chi connectivity index (χ0n) is 9.58. The van der Waals surface area contributed by atoms with Gasteiger partial charge >= 0.3 is 0 Å². The molecule has 0 aliphatic carbocycles. The molecule has 0 fully saturated rings. The first kappa shape index (κ1) is 12.5. The monoisotopic (exact) mass is 268 g/mol. The molecule has 1 heterocycles. The number of tetrazole rings is 1. The maximum Gasteiger partial charge on any atom is 0.241 e. The lowest BCUT2D eigenvalue weighted by Crippen LogP contribution is -2.24. The second-order valence-corrected chi connectivity index (χ2v) is 5.41. The molecule has 96 valence electrons. The molecule has 1 aromatic carbocycles. The van der Waals surface area contributed by atoms with Crippen molar-refractivity contribution in [2.75, 3.05) is 5.73 Å². The van der Waals surface area contributed by atoms with Gasteiger partial charge in [-0.3, -0.25) is 0 Å². The highest BCUT2D eigenvalue weighted by Crippen LogP contribution is 2.17. The second kappa shape index (κ2) is 4.70. The Balaban J connectivity index is 2.20. The molecule has 0 bridgehead atoms. The van der Waals surface area contributed by atoms with Gasteiger partial charge in [-0.1, -0.05) is 5.21 Å². The summed E-state index contributed by atoms with van der Waals surface area (Å²) in [6, 6.07) is 4.60. The first-order chi connectivity index (χ1) is 8.49. The summed E-state index contributed by atoms with van der Waals surface area (Å²) in [5, 5.41) is 12.9. The average molecular weight is 268 g/mol. The molecular weight excluding hydrogens is 256 g/mol. The highest BCUT2D eigenvalue weighted by Gasteiger charge is 2.17. The number of hydrogen-bond acceptors (Lipinski definition) is 6. The van der Waals surface area contributed by atoms with Crippen LogP contribution >= 0.6 is 0 Å². The number of nitrogens with zero attached hydrogens (tertiary/aromatic N) is 3. The Morgan fingerprint density at radius 1 is 1.44 bits per heavy atom. The van der Waals surface area contributed by atoms with E-state index in [1.807, 2.05) is 0 Å². The van der Waals surface area contributed by atoms with Crippen molar-refractivity contribution in [1.82, 2.24) is 25.3 Å². The van der Waals surface area contributed by atoms with Crippen molar-refractivity contribution in [3.63, 3.8) is 0 Å². The molecule has 0 saturated heterocycles. The van der Waals surface area contributed by atoms with Crippen LogP contribution in [0.4, 0.5) is 5.69 Å². The van der Waals surface area contributed by atoms with Gasteiger partial charge in [0.25, 0.3) is 0 Å². The van der Waals surface area contributed by atoms with Gasteiger partial charge < -0.3 is 5.73 Å². The third kappa shape index (κ3) is 2.63. The van der Waals surface area contributed by atoms with E-state index in [-0.39, 0.29) is 17.3 Å². The van der Waals surface area contributed by atoms with Crippen molar-refractivity contribution >= 4 is 15.7 Å². The van der Waals surface area contributed by atoms with Gasteiger partial charge in [0.15, 0.2) is 5.82 Å². The van der Waals surface area contributed by atoms with E-state index in [2.05, 4.69) is 25.3 Å². The summed E-state index contributed by atoms with van der Waals surface area (Å²) in [4.78, 5) is 0.181. The molecule has 0 aliphatic rings. The van der Waals surface area contributed by atoms with Crippen LogP contribution in [0.2, 0.25) is 0 Å². The van der Waals surface area contributed by atoms with Crippen LogP contribution in [0.1, 0.15) is 11.4 Å². The lowest BCUT2D eigenvalue weighted by Gasteiger charge is -2.08. The minimum Gasteiger partial charge on any atom is -0.399 e. The SMILES string of the molecule is Cc1cc(N)ccc1S(=O)(=O)NCc1nn[nH]n1. The molecule has 0 spiro atoms. The van der Waals surface area contributed by atoms with Gasteiger partial charge in [0, 0.05) is 5.69 Å². The Morgan fingerprint density at radius 2 is 2.22 bits per heavy atom. The van der Waals surface area contributed by atoms with Crippen LogP contribution in [0.25, 0.3) is 0 Å². The predicted octanol–water partition coefficient (Wildman–Crippen LogP) is -0.431. The van der Waals surface area contributed by atoms with Gasteiger partial charge in [0.05, 0.1) is 11.4 Å². The lowest BCUT2D eigenvalue weighted by atomic mass is 10.2. The summed E-state index contributed by atoms with van der Waals surface area (Å²) >= 11 is 0. The van der Waals surface area contributed by atoms with E-state index < -0.39 is 10.0 Å². The van der Waals surface area contributed by atoms with E-state index in [4.69, 9.17) is 5.73 Å². The topological polar surface area (TPSA) is 127 Å². The molecular formula is C9H12N6O2S. The second-order valence-electron chi connectivity index (χ2n) is 3.68. The normalized spacial score (nSPS) is 11.6. The predicted molar refractivity (Wildman–Crippen MR) is 63.8 cm³/mol. The summed E-state index contributed by atoms with van der Waals surface area (Å²) in [5.74, 6) is 0.270. The smallest absolute Gasteiger partial charge is 0.241 e. The van der Waals surface area contributed by atoms with E-state index in [1.54, 1.807) is 13.0 Å². The first-order valence-electron chi connectivity index (χ1n) is 5.07. The zero-order chi connectivity index (χ0) is 13.2. The molecule has 4 N–H and O–H groups in total. The first-order valence-corrected chi connectivity index (χ1v) is 6.55. The van der Waals surface area contributed by atoms with E-state index in [0.717, 1.165) is 0 Å². The highest BCUT2D eigenvalue weighted by molar-refractivity contribution is 7.89. The molecule has 0 atom stereocenters.